The number of para-hydroxylation sites is 1. The Hall–Kier alpha value is -7.00. The summed E-state index contributed by atoms with van der Waals surface area (Å²) in [6.45, 7) is 2.54. The first-order chi connectivity index (χ1) is 32.1. The fraction of sp³-hybridized carbons (Fsp3) is 0.143. The van der Waals surface area contributed by atoms with Crippen LogP contribution in [0.2, 0.25) is 0 Å². The van der Waals surface area contributed by atoms with Crippen LogP contribution >= 0.6 is 11.3 Å². The molecule has 0 bridgehead atoms. The fourth-order valence-electron chi connectivity index (χ4n) is 13.8. The molecule has 6 aliphatic rings. The first kappa shape index (κ1) is 37.4. The number of hydrogen-bond acceptors (Lipinski definition) is 2. The Kier molecular flexibility index (Phi) is 7.91. The van der Waals surface area contributed by atoms with Crippen LogP contribution in [-0.4, -0.2) is 0 Å². The Balaban J connectivity index is 0.979. The summed E-state index contributed by atoms with van der Waals surface area (Å²) in [5.74, 6) is 0.0814. The van der Waals surface area contributed by atoms with Crippen molar-refractivity contribution in [1.82, 2.24) is 0 Å². The average Bonchev–Trinajstić information content (AvgIpc) is 4.06. The van der Waals surface area contributed by atoms with Gasteiger partial charge in [0, 0.05) is 48.6 Å². The van der Waals surface area contributed by atoms with Crippen molar-refractivity contribution in [3.05, 3.63) is 268 Å². The molecule has 1 spiro atoms. The summed E-state index contributed by atoms with van der Waals surface area (Å²) >= 11 is 1.97. The van der Waals surface area contributed by atoms with Gasteiger partial charge in [-0.05, 0) is 123 Å². The van der Waals surface area contributed by atoms with Gasteiger partial charge in [-0.15, -0.1) is 11.3 Å². The fourth-order valence-corrected chi connectivity index (χ4v) is 15.1. The summed E-state index contributed by atoms with van der Waals surface area (Å²) in [6, 6.07) is 62.5. The number of nitrogens with zero attached hydrogens (tertiary/aromatic N) is 1. The Morgan fingerprint density at radius 3 is 2.05 bits per heavy atom. The Bertz CT molecular complexity index is 3490. The summed E-state index contributed by atoms with van der Waals surface area (Å²) in [5.41, 5.74) is 19.6. The highest BCUT2D eigenvalue weighted by Crippen LogP contribution is 2.72. The van der Waals surface area contributed by atoms with Crippen molar-refractivity contribution >= 4 is 48.5 Å². The molecule has 3 unspecified atom stereocenters. The van der Waals surface area contributed by atoms with E-state index in [1.165, 1.54) is 104 Å². The third-order valence-corrected chi connectivity index (χ3v) is 17.3. The number of thiophene rings is 1. The highest BCUT2D eigenvalue weighted by molar-refractivity contribution is 7.26. The second kappa shape index (κ2) is 13.8. The summed E-state index contributed by atoms with van der Waals surface area (Å²) in [4.78, 5) is 2.58. The minimum absolute atomic E-state index is 0.0814. The van der Waals surface area contributed by atoms with Crippen LogP contribution in [0.5, 0.6) is 0 Å². The highest BCUT2D eigenvalue weighted by atomic mass is 32.1. The van der Waals surface area contributed by atoms with Gasteiger partial charge in [0.15, 0.2) is 0 Å². The van der Waals surface area contributed by atoms with Crippen molar-refractivity contribution in [2.45, 2.75) is 49.4 Å². The van der Waals surface area contributed by atoms with Crippen LogP contribution in [0.25, 0.3) is 36.9 Å². The second-order valence-corrected chi connectivity index (χ2v) is 20.1. The minimum atomic E-state index is -0.369. The number of allylic oxidation sites excluding steroid dienone is 12. The summed E-state index contributed by atoms with van der Waals surface area (Å²) in [5, 5.41) is 2.65. The van der Waals surface area contributed by atoms with E-state index in [1.807, 2.05) is 11.3 Å². The van der Waals surface area contributed by atoms with E-state index < -0.39 is 0 Å². The van der Waals surface area contributed by atoms with Gasteiger partial charge < -0.3 is 4.90 Å². The number of anilines is 2. The van der Waals surface area contributed by atoms with E-state index in [9.17, 15) is 0 Å². The molecular weight excluding hydrogens is 803 g/mol. The van der Waals surface area contributed by atoms with E-state index in [0.29, 0.717) is 0 Å². The summed E-state index contributed by atoms with van der Waals surface area (Å²) in [7, 11) is 0. The first-order valence-corrected chi connectivity index (χ1v) is 24.3. The van der Waals surface area contributed by atoms with Crippen molar-refractivity contribution < 1.29 is 0 Å². The second-order valence-electron chi connectivity index (χ2n) is 19.0. The summed E-state index contributed by atoms with van der Waals surface area (Å²) in [6.07, 6.45) is 23.9. The molecule has 2 heteroatoms. The van der Waals surface area contributed by atoms with Crippen LogP contribution < -0.4 is 4.90 Å². The molecule has 3 atom stereocenters. The molecule has 0 saturated heterocycles. The lowest BCUT2D eigenvalue weighted by atomic mass is 9.55. The molecule has 1 heterocycles. The van der Waals surface area contributed by atoms with Gasteiger partial charge >= 0.3 is 0 Å². The molecule has 0 radical (unpaired) electrons. The maximum Gasteiger partial charge on any atom is 0.0720 e. The van der Waals surface area contributed by atoms with E-state index in [4.69, 9.17) is 0 Å². The van der Waals surface area contributed by atoms with Gasteiger partial charge in [0.2, 0.25) is 0 Å². The van der Waals surface area contributed by atoms with E-state index in [-0.39, 0.29) is 22.2 Å². The van der Waals surface area contributed by atoms with Crippen LogP contribution in [0.15, 0.2) is 229 Å². The predicted molar refractivity (Wildman–Crippen MR) is 273 cm³/mol. The first-order valence-electron chi connectivity index (χ1n) is 23.5. The van der Waals surface area contributed by atoms with Gasteiger partial charge in [-0.2, -0.15) is 0 Å². The molecule has 0 aliphatic heterocycles. The standard InChI is InChI=1S/C63H47NS/c1-61-39-19-36-57(59(61)50-28-12-17-34-55(50)63(61)53-32-15-10-26-46(53)47-27-11-16-33-54(47)63)64(42-22-6-3-7-23-42)43-37-38-48-49-29-18-35-56(60(49)65-58(48)40-43)62(41-20-4-2-5-21-41)51-30-13-8-24-44(51)45-25-9-14-31-52(45)62/h3-4,6-8,10-24,26-40,59H,2,5,9,25H2,1H3. The van der Waals surface area contributed by atoms with E-state index in [1.54, 1.807) is 0 Å². The lowest BCUT2D eigenvalue weighted by Crippen LogP contribution is -2.44. The van der Waals surface area contributed by atoms with Gasteiger partial charge in [-0.1, -0.05) is 189 Å². The van der Waals surface area contributed by atoms with Gasteiger partial charge in [0.05, 0.1) is 10.8 Å². The van der Waals surface area contributed by atoms with Gasteiger partial charge in [0.25, 0.3) is 0 Å². The normalized spacial score (nSPS) is 22.6. The zero-order chi connectivity index (χ0) is 42.9. The minimum Gasteiger partial charge on any atom is -0.314 e. The predicted octanol–water partition coefficient (Wildman–Crippen LogP) is 16.4. The number of benzene rings is 7. The third kappa shape index (κ3) is 4.73. The molecule has 65 heavy (non-hydrogen) atoms. The van der Waals surface area contributed by atoms with Crippen molar-refractivity contribution in [3.8, 4) is 11.1 Å². The van der Waals surface area contributed by atoms with E-state index in [0.717, 1.165) is 25.7 Å². The molecular formula is C63H47NS. The molecule has 7 aromatic carbocycles. The molecule has 0 N–H and O–H groups in total. The van der Waals surface area contributed by atoms with Crippen LogP contribution in [0.4, 0.5) is 11.4 Å². The maximum absolute atomic E-state index is 2.58. The van der Waals surface area contributed by atoms with Crippen LogP contribution in [-0.2, 0) is 10.8 Å². The Morgan fingerprint density at radius 1 is 0.569 bits per heavy atom. The van der Waals surface area contributed by atoms with E-state index >= 15 is 0 Å². The monoisotopic (exact) mass is 849 g/mol. The Labute approximate surface area is 385 Å². The molecule has 1 nitrogen and oxygen atoms in total. The van der Waals surface area contributed by atoms with Gasteiger partial charge in [0.1, 0.15) is 0 Å². The SMILES string of the molecule is CC12C=CC=C(N(c3ccccc3)c3ccc4c(c3)sc3c(C5(C6=CCCC=C6)C6=C(CCC=C6)c6ccccc65)cccc34)C1c1ccccc1C21c2ccccc2-c2ccccc21. The number of fused-ring (bicyclic) bond motifs is 15. The van der Waals surface area contributed by atoms with Crippen LogP contribution in [0, 0.1) is 5.41 Å². The van der Waals surface area contributed by atoms with E-state index in [2.05, 4.69) is 224 Å². The van der Waals surface area contributed by atoms with Crippen molar-refractivity contribution in [1.29, 1.82) is 0 Å². The number of hydrogen-bond donors (Lipinski definition) is 0. The smallest absolute Gasteiger partial charge is 0.0720 e. The largest absolute Gasteiger partial charge is 0.314 e. The molecule has 0 fully saturated rings. The van der Waals surface area contributed by atoms with Crippen molar-refractivity contribution in [2.24, 2.45) is 5.41 Å². The van der Waals surface area contributed by atoms with Crippen molar-refractivity contribution in [2.75, 3.05) is 4.90 Å². The topological polar surface area (TPSA) is 3.24 Å². The highest BCUT2D eigenvalue weighted by Gasteiger charge is 2.65. The summed E-state index contributed by atoms with van der Waals surface area (Å²) < 4.78 is 2.69. The Morgan fingerprint density at radius 2 is 1.26 bits per heavy atom. The zero-order valence-electron chi connectivity index (χ0n) is 36.5. The quantitative estimate of drug-likeness (QED) is 0.167. The number of rotatable bonds is 5. The molecule has 0 saturated carbocycles. The third-order valence-electron chi connectivity index (χ3n) is 16.1. The lowest BCUT2D eigenvalue weighted by Gasteiger charge is -2.48. The maximum atomic E-state index is 2.58. The molecule has 1 aromatic heterocycles. The van der Waals surface area contributed by atoms with Crippen LogP contribution in [0.1, 0.15) is 77.5 Å². The molecule has 310 valence electrons. The van der Waals surface area contributed by atoms with Crippen LogP contribution in [0.3, 0.4) is 0 Å². The zero-order valence-corrected chi connectivity index (χ0v) is 37.3. The van der Waals surface area contributed by atoms with Gasteiger partial charge in [-0.3, -0.25) is 0 Å². The average molecular weight is 850 g/mol. The lowest BCUT2D eigenvalue weighted by molar-refractivity contribution is 0.284. The molecule has 6 aliphatic carbocycles. The molecule has 0 amide bonds. The van der Waals surface area contributed by atoms with Crippen molar-refractivity contribution in [3.63, 3.8) is 0 Å². The molecule has 8 aromatic rings. The van der Waals surface area contributed by atoms with Gasteiger partial charge in [-0.25, -0.2) is 0 Å². The molecule has 14 rings (SSSR count).